The molecule has 0 aliphatic heterocycles. The van der Waals surface area contributed by atoms with Crippen LogP contribution in [0.5, 0.6) is 5.75 Å². The monoisotopic (exact) mass is 380 g/mol. The van der Waals surface area contributed by atoms with Gasteiger partial charge >= 0.3 is 0 Å². The third-order valence-corrected chi connectivity index (χ3v) is 4.21. The number of halogens is 1. The Kier molecular flexibility index (Phi) is 7.25. The molecule has 1 amide bonds. The summed E-state index contributed by atoms with van der Waals surface area (Å²) in [6, 6.07) is 11.5. The number of benzene rings is 1. The van der Waals surface area contributed by atoms with E-state index in [4.69, 9.17) is 4.74 Å². The molecule has 0 saturated carbocycles. The van der Waals surface area contributed by atoms with Gasteiger partial charge in [-0.05, 0) is 29.8 Å². The van der Waals surface area contributed by atoms with Crippen LogP contribution in [0.3, 0.4) is 0 Å². The van der Waals surface area contributed by atoms with Crippen LogP contribution in [0.25, 0.3) is 0 Å². The van der Waals surface area contributed by atoms with Gasteiger partial charge in [-0.1, -0.05) is 28.1 Å². The summed E-state index contributed by atoms with van der Waals surface area (Å²) in [7, 11) is 0. The largest absolute Gasteiger partial charge is 0.492 e. The van der Waals surface area contributed by atoms with Gasteiger partial charge in [0.05, 0.1) is 12.3 Å². The molecule has 1 aromatic heterocycles. The molecule has 0 aliphatic rings. The predicted octanol–water partition coefficient (Wildman–Crippen LogP) is 3.27. The summed E-state index contributed by atoms with van der Waals surface area (Å²) < 4.78 is 6.52. The molecule has 0 saturated heterocycles. The third-order valence-electron chi connectivity index (χ3n) is 2.71. The van der Waals surface area contributed by atoms with Crippen LogP contribution < -0.4 is 10.1 Å². The van der Waals surface area contributed by atoms with E-state index in [2.05, 4.69) is 26.2 Å². The van der Waals surface area contributed by atoms with Crippen LogP contribution in [0, 0.1) is 0 Å². The molecule has 1 aromatic carbocycles. The van der Waals surface area contributed by atoms with E-state index >= 15 is 0 Å². The number of carbonyl (C=O) groups is 1. The van der Waals surface area contributed by atoms with Crippen LogP contribution in [-0.2, 0) is 10.5 Å². The highest BCUT2D eigenvalue weighted by Gasteiger charge is 2.02. The Morgan fingerprint density at radius 3 is 3.00 bits per heavy atom. The molecular formula is C16H17BrN2O2S. The van der Waals surface area contributed by atoms with Crippen LogP contribution in [0.2, 0.25) is 0 Å². The zero-order valence-corrected chi connectivity index (χ0v) is 14.4. The summed E-state index contributed by atoms with van der Waals surface area (Å²) in [5.41, 5.74) is 1.12. The predicted molar refractivity (Wildman–Crippen MR) is 93.0 cm³/mol. The van der Waals surface area contributed by atoms with E-state index in [0.29, 0.717) is 18.9 Å². The van der Waals surface area contributed by atoms with Gasteiger partial charge in [-0.15, -0.1) is 11.8 Å². The summed E-state index contributed by atoms with van der Waals surface area (Å²) in [6.45, 7) is 0.953. The highest BCUT2D eigenvalue weighted by atomic mass is 79.9. The second-order valence-corrected chi connectivity index (χ2v) is 6.41. The van der Waals surface area contributed by atoms with Crippen molar-refractivity contribution in [1.29, 1.82) is 0 Å². The van der Waals surface area contributed by atoms with E-state index in [1.165, 1.54) is 0 Å². The minimum Gasteiger partial charge on any atom is -0.492 e. The molecule has 0 aliphatic carbocycles. The van der Waals surface area contributed by atoms with E-state index in [1.54, 1.807) is 18.0 Å². The van der Waals surface area contributed by atoms with Crippen molar-refractivity contribution in [1.82, 2.24) is 10.3 Å². The molecule has 0 atom stereocenters. The average Bonchev–Trinajstić information content (AvgIpc) is 2.53. The summed E-state index contributed by atoms with van der Waals surface area (Å²) in [4.78, 5) is 15.7. The van der Waals surface area contributed by atoms with Crippen LogP contribution in [0.1, 0.15) is 5.56 Å². The molecule has 6 heteroatoms. The fourth-order valence-corrected chi connectivity index (χ4v) is 2.89. The summed E-state index contributed by atoms with van der Waals surface area (Å²) in [5, 5.41) is 2.84. The molecule has 22 heavy (non-hydrogen) atoms. The number of hydrogen-bond donors (Lipinski definition) is 1. The molecule has 0 fully saturated rings. The SMILES string of the molecule is O=C(CSCc1cccnc1)NCCOc1cccc(Br)c1. The number of hydrogen-bond acceptors (Lipinski definition) is 4. The Bertz CT molecular complexity index is 596. The second kappa shape index (κ2) is 9.48. The molecule has 0 bridgehead atoms. The number of aromatic nitrogens is 1. The maximum absolute atomic E-state index is 11.7. The number of rotatable bonds is 8. The number of carbonyl (C=O) groups excluding carboxylic acids is 1. The van der Waals surface area contributed by atoms with Gasteiger partial charge in [0.15, 0.2) is 0 Å². The van der Waals surface area contributed by atoms with Crippen LogP contribution in [0.15, 0.2) is 53.3 Å². The van der Waals surface area contributed by atoms with Crippen molar-refractivity contribution < 1.29 is 9.53 Å². The van der Waals surface area contributed by atoms with Gasteiger partial charge in [0, 0.05) is 22.6 Å². The maximum Gasteiger partial charge on any atom is 0.230 e. The van der Waals surface area contributed by atoms with E-state index in [9.17, 15) is 4.79 Å². The summed E-state index contributed by atoms with van der Waals surface area (Å²) >= 11 is 4.96. The van der Waals surface area contributed by atoms with Gasteiger partial charge in [-0.25, -0.2) is 0 Å². The number of ether oxygens (including phenoxy) is 1. The zero-order chi connectivity index (χ0) is 15.6. The minimum absolute atomic E-state index is 0.0201. The Morgan fingerprint density at radius 1 is 1.32 bits per heavy atom. The molecule has 1 heterocycles. The molecule has 0 spiro atoms. The van der Waals surface area contributed by atoms with Crippen molar-refractivity contribution in [3.05, 3.63) is 58.8 Å². The van der Waals surface area contributed by atoms with Crippen molar-refractivity contribution in [2.45, 2.75) is 5.75 Å². The lowest BCUT2D eigenvalue weighted by Gasteiger charge is -2.08. The molecule has 2 rings (SSSR count). The Labute approximate surface area is 142 Å². The highest BCUT2D eigenvalue weighted by Crippen LogP contribution is 2.17. The van der Waals surface area contributed by atoms with Crippen LogP contribution >= 0.6 is 27.7 Å². The van der Waals surface area contributed by atoms with Gasteiger partial charge < -0.3 is 10.1 Å². The lowest BCUT2D eigenvalue weighted by Crippen LogP contribution is -2.29. The smallest absolute Gasteiger partial charge is 0.230 e. The highest BCUT2D eigenvalue weighted by molar-refractivity contribution is 9.10. The van der Waals surface area contributed by atoms with Crippen molar-refractivity contribution in [3.63, 3.8) is 0 Å². The van der Waals surface area contributed by atoms with E-state index in [1.807, 2.05) is 42.6 Å². The molecular weight excluding hydrogens is 364 g/mol. The van der Waals surface area contributed by atoms with Gasteiger partial charge in [0.2, 0.25) is 5.91 Å². The van der Waals surface area contributed by atoms with Crippen molar-refractivity contribution in [3.8, 4) is 5.75 Å². The standard InChI is InChI=1S/C16H17BrN2O2S/c17-14-4-1-5-15(9-14)21-8-7-19-16(20)12-22-11-13-3-2-6-18-10-13/h1-6,9-10H,7-8,11-12H2,(H,19,20). The first-order chi connectivity index (χ1) is 10.7. The quantitative estimate of drug-likeness (QED) is 0.714. The maximum atomic E-state index is 11.7. The first-order valence-electron chi connectivity index (χ1n) is 6.86. The number of amides is 1. The minimum atomic E-state index is 0.0201. The van der Waals surface area contributed by atoms with Crippen LogP contribution in [0.4, 0.5) is 0 Å². The normalized spacial score (nSPS) is 10.2. The zero-order valence-electron chi connectivity index (χ0n) is 12.0. The lowest BCUT2D eigenvalue weighted by molar-refractivity contribution is -0.118. The number of pyridine rings is 1. The van der Waals surface area contributed by atoms with Crippen molar-refractivity contribution >= 4 is 33.6 Å². The molecule has 2 aromatic rings. The average molecular weight is 381 g/mol. The topological polar surface area (TPSA) is 51.2 Å². The first-order valence-corrected chi connectivity index (χ1v) is 8.80. The summed E-state index contributed by atoms with van der Waals surface area (Å²) in [6.07, 6.45) is 3.56. The Hall–Kier alpha value is -1.53. The van der Waals surface area contributed by atoms with Gasteiger partial charge in [0.1, 0.15) is 12.4 Å². The Morgan fingerprint density at radius 2 is 2.23 bits per heavy atom. The molecule has 116 valence electrons. The second-order valence-electron chi connectivity index (χ2n) is 4.51. The van der Waals surface area contributed by atoms with Crippen molar-refractivity contribution in [2.75, 3.05) is 18.9 Å². The molecule has 0 unspecified atom stereocenters. The lowest BCUT2D eigenvalue weighted by atomic mass is 10.3. The Balaban J connectivity index is 1.56. The van der Waals surface area contributed by atoms with Gasteiger partial charge in [0.25, 0.3) is 0 Å². The summed E-state index contributed by atoms with van der Waals surface area (Å²) in [5.74, 6) is 2.03. The fraction of sp³-hybridized carbons (Fsp3) is 0.250. The molecule has 1 N–H and O–H groups in total. The van der Waals surface area contributed by atoms with Gasteiger partial charge in [-0.3, -0.25) is 9.78 Å². The van der Waals surface area contributed by atoms with E-state index < -0.39 is 0 Å². The van der Waals surface area contributed by atoms with E-state index in [-0.39, 0.29) is 5.91 Å². The number of nitrogens with zero attached hydrogens (tertiary/aromatic N) is 1. The molecule has 0 radical (unpaired) electrons. The number of nitrogens with one attached hydrogen (secondary N) is 1. The fourth-order valence-electron chi connectivity index (χ4n) is 1.71. The van der Waals surface area contributed by atoms with Crippen LogP contribution in [-0.4, -0.2) is 29.8 Å². The van der Waals surface area contributed by atoms with Gasteiger partial charge in [-0.2, -0.15) is 0 Å². The third kappa shape index (κ3) is 6.49. The first kappa shape index (κ1) is 16.8. The van der Waals surface area contributed by atoms with E-state index in [0.717, 1.165) is 21.5 Å². The van der Waals surface area contributed by atoms with Crippen molar-refractivity contribution in [2.24, 2.45) is 0 Å². The molecule has 4 nitrogen and oxygen atoms in total. The number of thioether (sulfide) groups is 1.